The summed E-state index contributed by atoms with van der Waals surface area (Å²) in [5.41, 5.74) is 0. The predicted molar refractivity (Wildman–Crippen MR) is 77.8 cm³/mol. The highest BCUT2D eigenvalue weighted by molar-refractivity contribution is 7.89. The number of ether oxygens (including phenoxy) is 1. The second-order valence-electron chi connectivity index (χ2n) is 4.39. The first-order chi connectivity index (χ1) is 9.36. The van der Waals surface area contributed by atoms with Gasteiger partial charge in [0.25, 0.3) is 0 Å². The third-order valence-corrected chi connectivity index (χ3v) is 6.88. The molecule has 0 spiro atoms. The molecule has 0 bridgehead atoms. The molecule has 5 nitrogen and oxygen atoms in total. The summed E-state index contributed by atoms with van der Waals surface area (Å²) in [6.07, 6.45) is 0.892. The van der Waals surface area contributed by atoms with Gasteiger partial charge in [-0.2, -0.15) is 4.31 Å². The van der Waals surface area contributed by atoms with Gasteiger partial charge in [-0.05, 0) is 18.9 Å². The summed E-state index contributed by atoms with van der Waals surface area (Å²) in [5, 5.41) is 0. The molecule has 1 aliphatic rings. The number of carbonyl (C=O) groups excluding carboxylic acids is 1. The van der Waals surface area contributed by atoms with Crippen LogP contribution in [0.3, 0.4) is 0 Å². The Hall–Kier alpha value is -0.340. The van der Waals surface area contributed by atoms with Crippen molar-refractivity contribution in [3.63, 3.8) is 0 Å². The molecule has 0 radical (unpaired) electrons. The van der Waals surface area contributed by atoms with E-state index in [0.29, 0.717) is 17.2 Å². The number of carbonyl (C=O) groups is 1. The highest BCUT2D eigenvalue weighted by Crippen LogP contribution is 2.36. The Labute approximate surface area is 131 Å². The second-order valence-corrected chi connectivity index (χ2v) is 8.58. The average molecular weight is 358 g/mol. The Morgan fingerprint density at radius 1 is 1.40 bits per heavy atom. The predicted octanol–water partition coefficient (Wildman–Crippen LogP) is 2.63. The van der Waals surface area contributed by atoms with Crippen molar-refractivity contribution in [3.05, 3.63) is 14.7 Å². The number of thiophene rings is 1. The van der Waals surface area contributed by atoms with Crippen LogP contribution in [0, 0.1) is 5.92 Å². The molecule has 0 saturated carbocycles. The van der Waals surface area contributed by atoms with Gasteiger partial charge in [0.1, 0.15) is 9.23 Å². The Morgan fingerprint density at radius 2 is 2.00 bits per heavy atom. The van der Waals surface area contributed by atoms with Crippen molar-refractivity contribution in [2.45, 2.75) is 17.7 Å². The van der Waals surface area contributed by atoms with Crippen LogP contribution in [0.2, 0.25) is 8.67 Å². The van der Waals surface area contributed by atoms with Crippen molar-refractivity contribution in [2.24, 2.45) is 5.92 Å². The number of rotatable bonds is 3. The molecule has 2 heterocycles. The van der Waals surface area contributed by atoms with Crippen LogP contribution in [0.1, 0.15) is 12.8 Å². The molecule has 1 aromatic heterocycles. The van der Waals surface area contributed by atoms with Crippen molar-refractivity contribution in [2.75, 3.05) is 20.2 Å². The topological polar surface area (TPSA) is 63.7 Å². The van der Waals surface area contributed by atoms with Crippen LogP contribution in [0.15, 0.2) is 11.0 Å². The van der Waals surface area contributed by atoms with E-state index in [-0.39, 0.29) is 34.2 Å². The van der Waals surface area contributed by atoms with Crippen LogP contribution in [0.5, 0.6) is 0 Å². The third kappa shape index (κ3) is 3.12. The first-order valence-electron chi connectivity index (χ1n) is 5.89. The maximum Gasteiger partial charge on any atom is 0.308 e. The lowest BCUT2D eigenvalue weighted by atomic mass is 9.99. The van der Waals surface area contributed by atoms with Gasteiger partial charge in [-0.3, -0.25) is 4.79 Å². The van der Waals surface area contributed by atoms with Crippen LogP contribution >= 0.6 is 34.5 Å². The van der Waals surface area contributed by atoms with E-state index in [2.05, 4.69) is 4.74 Å². The summed E-state index contributed by atoms with van der Waals surface area (Å²) in [6.45, 7) is 0.539. The maximum atomic E-state index is 12.4. The van der Waals surface area contributed by atoms with Gasteiger partial charge >= 0.3 is 5.97 Å². The minimum absolute atomic E-state index is 0.0330. The lowest BCUT2D eigenvalue weighted by Gasteiger charge is -2.29. The number of esters is 1. The highest BCUT2D eigenvalue weighted by atomic mass is 35.5. The molecule has 1 aliphatic heterocycles. The lowest BCUT2D eigenvalue weighted by Crippen LogP contribution is -2.40. The summed E-state index contributed by atoms with van der Waals surface area (Å²) in [5.74, 6) is -0.536. The minimum Gasteiger partial charge on any atom is -0.469 e. The summed E-state index contributed by atoms with van der Waals surface area (Å²) in [4.78, 5) is 11.5. The molecule has 0 unspecified atom stereocenters. The fourth-order valence-corrected chi connectivity index (χ4v) is 5.72. The summed E-state index contributed by atoms with van der Waals surface area (Å²) in [7, 11) is -2.32. The summed E-state index contributed by atoms with van der Waals surface area (Å²) < 4.78 is 31.4. The summed E-state index contributed by atoms with van der Waals surface area (Å²) >= 11 is 12.7. The van der Waals surface area contributed by atoms with E-state index in [1.54, 1.807) is 0 Å². The number of nitrogens with zero attached hydrogens (tertiary/aromatic N) is 1. The fraction of sp³-hybridized carbons (Fsp3) is 0.545. The van der Waals surface area contributed by atoms with Crippen LogP contribution in [0.4, 0.5) is 0 Å². The number of methoxy groups -OCH3 is 1. The molecule has 20 heavy (non-hydrogen) atoms. The zero-order chi connectivity index (χ0) is 14.9. The van der Waals surface area contributed by atoms with Crippen LogP contribution in [0.25, 0.3) is 0 Å². The number of hydrogen-bond donors (Lipinski definition) is 0. The van der Waals surface area contributed by atoms with Gasteiger partial charge in [-0.1, -0.05) is 23.2 Å². The van der Waals surface area contributed by atoms with Gasteiger partial charge in [0.15, 0.2) is 0 Å². The number of piperidine rings is 1. The molecule has 0 N–H and O–H groups in total. The largest absolute Gasteiger partial charge is 0.469 e. The van der Waals surface area contributed by atoms with E-state index in [9.17, 15) is 13.2 Å². The Balaban J connectivity index is 2.14. The maximum absolute atomic E-state index is 12.4. The van der Waals surface area contributed by atoms with Gasteiger partial charge in [-0.25, -0.2) is 8.42 Å². The lowest BCUT2D eigenvalue weighted by molar-refractivity contribution is -0.146. The Morgan fingerprint density at radius 3 is 2.45 bits per heavy atom. The molecule has 112 valence electrons. The van der Waals surface area contributed by atoms with Crippen LogP contribution in [-0.2, 0) is 19.6 Å². The van der Waals surface area contributed by atoms with Gasteiger partial charge in [0, 0.05) is 13.1 Å². The molecule has 1 saturated heterocycles. The molecule has 0 aromatic carbocycles. The standard InChI is InChI=1S/C11H13Cl2NO4S2/c1-18-11(15)7-2-4-14(5-3-7)20(16,17)8-6-9(12)19-10(8)13/h6-7H,2-5H2,1H3. The smallest absolute Gasteiger partial charge is 0.308 e. The molecule has 1 aromatic rings. The van der Waals surface area contributed by atoms with E-state index >= 15 is 0 Å². The first-order valence-corrected chi connectivity index (χ1v) is 8.90. The third-order valence-electron chi connectivity index (χ3n) is 3.23. The van der Waals surface area contributed by atoms with E-state index in [1.807, 2.05) is 0 Å². The Bertz CT molecular complexity index is 606. The van der Waals surface area contributed by atoms with Crippen molar-refractivity contribution in [1.29, 1.82) is 0 Å². The van der Waals surface area contributed by atoms with Crippen molar-refractivity contribution in [1.82, 2.24) is 4.31 Å². The Kier molecular flexibility index (Phi) is 4.96. The highest BCUT2D eigenvalue weighted by Gasteiger charge is 2.34. The van der Waals surface area contributed by atoms with E-state index < -0.39 is 10.0 Å². The normalized spacial score (nSPS) is 18.1. The molecule has 0 atom stereocenters. The zero-order valence-corrected chi connectivity index (χ0v) is 13.8. The molecule has 1 fully saturated rings. The monoisotopic (exact) mass is 357 g/mol. The van der Waals surface area contributed by atoms with Crippen LogP contribution in [-0.4, -0.2) is 38.9 Å². The minimum atomic E-state index is -3.65. The first kappa shape index (κ1) is 16.0. The van der Waals surface area contributed by atoms with E-state index in [4.69, 9.17) is 23.2 Å². The molecular formula is C11H13Cl2NO4S2. The molecule has 0 amide bonds. The summed E-state index contributed by atoms with van der Waals surface area (Å²) in [6, 6.07) is 1.36. The average Bonchev–Trinajstić information content (AvgIpc) is 2.77. The zero-order valence-electron chi connectivity index (χ0n) is 10.6. The second kappa shape index (κ2) is 6.19. The van der Waals surface area contributed by atoms with Crippen molar-refractivity contribution in [3.8, 4) is 0 Å². The van der Waals surface area contributed by atoms with Gasteiger partial charge in [0.2, 0.25) is 10.0 Å². The SMILES string of the molecule is COC(=O)C1CCN(S(=O)(=O)c2cc(Cl)sc2Cl)CC1. The fourth-order valence-electron chi connectivity index (χ4n) is 2.14. The van der Waals surface area contributed by atoms with E-state index in [0.717, 1.165) is 11.3 Å². The molecule has 2 rings (SSSR count). The van der Waals surface area contributed by atoms with Gasteiger partial charge in [0.05, 0.1) is 17.4 Å². The molecule has 0 aliphatic carbocycles. The molecular weight excluding hydrogens is 345 g/mol. The number of halogens is 2. The van der Waals surface area contributed by atoms with Crippen molar-refractivity contribution < 1.29 is 17.9 Å². The number of hydrogen-bond acceptors (Lipinski definition) is 5. The van der Waals surface area contributed by atoms with Crippen LogP contribution < -0.4 is 0 Å². The van der Waals surface area contributed by atoms with E-state index in [1.165, 1.54) is 17.5 Å². The quantitative estimate of drug-likeness (QED) is 0.780. The van der Waals surface area contributed by atoms with Gasteiger partial charge < -0.3 is 4.74 Å². The molecule has 9 heteroatoms. The number of sulfonamides is 1. The van der Waals surface area contributed by atoms with Gasteiger partial charge in [-0.15, -0.1) is 11.3 Å². The van der Waals surface area contributed by atoms with Crippen molar-refractivity contribution >= 4 is 50.5 Å².